The Bertz CT molecular complexity index is 1010. The summed E-state index contributed by atoms with van der Waals surface area (Å²) in [6.07, 6.45) is 60.9. The molecule has 0 rings (SSSR count). The van der Waals surface area contributed by atoms with Gasteiger partial charge < -0.3 is 14.2 Å². The van der Waals surface area contributed by atoms with Gasteiger partial charge >= 0.3 is 17.9 Å². The van der Waals surface area contributed by atoms with Gasteiger partial charge in [0.25, 0.3) is 0 Å². The number of carbonyl (C=O) groups excluding carboxylic acids is 3. The lowest BCUT2D eigenvalue weighted by atomic mass is 10.0. The molecule has 0 aliphatic heterocycles. The molecule has 67 heavy (non-hydrogen) atoms. The summed E-state index contributed by atoms with van der Waals surface area (Å²) in [4.78, 5) is 38.2. The SMILES string of the molecule is CCCCCCCCCCCCCCCCCCCC(=O)O[C@@H](COC(=O)CCCCCCCCCCCCCCC)COC(=O)CCCCCCCCCCCCCCCCCCC(C)C. The zero-order valence-electron chi connectivity index (χ0n) is 45.9. The van der Waals surface area contributed by atoms with E-state index >= 15 is 0 Å². The van der Waals surface area contributed by atoms with E-state index < -0.39 is 6.10 Å². The Kier molecular flexibility index (Phi) is 54.0. The first-order valence-corrected chi connectivity index (χ1v) is 30.4. The molecule has 0 aromatic heterocycles. The fraction of sp³-hybridized carbons (Fsp3) is 0.951. The third-order valence-electron chi connectivity index (χ3n) is 14.0. The maximum Gasteiger partial charge on any atom is 0.306 e. The predicted octanol–water partition coefficient (Wildman–Crippen LogP) is 20.2. The number of ether oxygens (including phenoxy) is 3. The maximum atomic E-state index is 12.9. The molecule has 0 radical (unpaired) electrons. The van der Waals surface area contributed by atoms with E-state index in [4.69, 9.17) is 14.2 Å². The van der Waals surface area contributed by atoms with Gasteiger partial charge in [0.15, 0.2) is 6.10 Å². The predicted molar refractivity (Wildman–Crippen MR) is 289 cm³/mol. The highest BCUT2D eigenvalue weighted by Crippen LogP contribution is 2.18. The summed E-state index contributed by atoms with van der Waals surface area (Å²) >= 11 is 0. The molecule has 0 amide bonds. The van der Waals surface area contributed by atoms with E-state index in [9.17, 15) is 14.4 Å². The van der Waals surface area contributed by atoms with E-state index in [2.05, 4.69) is 27.7 Å². The molecule has 0 aliphatic rings. The summed E-state index contributed by atoms with van der Waals surface area (Å²) in [6.45, 7) is 9.08. The molecule has 0 N–H and O–H groups in total. The summed E-state index contributed by atoms with van der Waals surface area (Å²) < 4.78 is 16.9. The zero-order chi connectivity index (χ0) is 48.8. The lowest BCUT2D eigenvalue weighted by Gasteiger charge is -2.18. The maximum absolute atomic E-state index is 12.9. The fourth-order valence-electron chi connectivity index (χ4n) is 9.46. The molecule has 0 aromatic carbocycles. The molecule has 6 nitrogen and oxygen atoms in total. The highest BCUT2D eigenvalue weighted by molar-refractivity contribution is 5.71. The largest absolute Gasteiger partial charge is 0.462 e. The molecule has 0 fully saturated rings. The molecule has 0 spiro atoms. The summed E-state index contributed by atoms with van der Waals surface area (Å²) in [5, 5.41) is 0. The van der Waals surface area contributed by atoms with Crippen molar-refractivity contribution < 1.29 is 28.6 Å². The van der Waals surface area contributed by atoms with Crippen LogP contribution in [0.4, 0.5) is 0 Å². The van der Waals surface area contributed by atoms with Gasteiger partial charge in [0.2, 0.25) is 0 Å². The normalized spacial score (nSPS) is 12.0. The third kappa shape index (κ3) is 55.2. The first-order valence-electron chi connectivity index (χ1n) is 30.4. The molecule has 0 bridgehead atoms. The second-order valence-corrected chi connectivity index (χ2v) is 21.5. The highest BCUT2D eigenvalue weighted by Gasteiger charge is 2.19. The van der Waals surface area contributed by atoms with Crippen LogP contribution in [-0.4, -0.2) is 37.2 Å². The zero-order valence-corrected chi connectivity index (χ0v) is 45.9. The Labute approximate surface area is 418 Å². The number of unbranched alkanes of at least 4 members (excludes halogenated alkanes) is 43. The van der Waals surface area contributed by atoms with Gasteiger partial charge in [-0.15, -0.1) is 0 Å². The van der Waals surface area contributed by atoms with Crippen molar-refractivity contribution in [2.75, 3.05) is 13.2 Å². The Morgan fingerprint density at radius 3 is 0.731 bits per heavy atom. The van der Waals surface area contributed by atoms with Crippen LogP contribution in [0.5, 0.6) is 0 Å². The lowest BCUT2D eigenvalue weighted by Crippen LogP contribution is -2.30. The van der Waals surface area contributed by atoms with E-state index in [-0.39, 0.29) is 31.1 Å². The summed E-state index contributed by atoms with van der Waals surface area (Å²) in [7, 11) is 0. The smallest absolute Gasteiger partial charge is 0.306 e. The van der Waals surface area contributed by atoms with Crippen LogP contribution in [0, 0.1) is 5.92 Å². The molecule has 0 aromatic rings. The van der Waals surface area contributed by atoms with Crippen molar-refractivity contribution in [1.82, 2.24) is 0 Å². The van der Waals surface area contributed by atoms with Gasteiger partial charge in [0.1, 0.15) is 13.2 Å². The molecule has 398 valence electrons. The van der Waals surface area contributed by atoms with Gasteiger partial charge in [-0.1, -0.05) is 310 Å². The number of hydrogen-bond donors (Lipinski definition) is 0. The Balaban J connectivity index is 4.27. The van der Waals surface area contributed by atoms with E-state index in [0.717, 1.165) is 63.7 Å². The van der Waals surface area contributed by atoms with Gasteiger partial charge in [-0.2, -0.15) is 0 Å². The Hall–Kier alpha value is -1.59. The molecule has 0 saturated heterocycles. The fourth-order valence-corrected chi connectivity index (χ4v) is 9.46. The van der Waals surface area contributed by atoms with Crippen LogP contribution in [0.25, 0.3) is 0 Å². The second kappa shape index (κ2) is 55.3. The minimum Gasteiger partial charge on any atom is -0.462 e. The lowest BCUT2D eigenvalue weighted by molar-refractivity contribution is -0.167. The molecule has 0 aliphatic carbocycles. The number of esters is 3. The summed E-state index contributed by atoms with van der Waals surface area (Å²) in [5.41, 5.74) is 0. The molecule has 1 atom stereocenters. The molecule has 0 heterocycles. The van der Waals surface area contributed by atoms with Gasteiger partial charge in [-0.25, -0.2) is 0 Å². The summed E-state index contributed by atoms with van der Waals surface area (Å²) in [5.74, 6) is 0.0218. The van der Waals surface area contributed by atoms with Crippen molar-refractivity contribution in [3.63, 3.8) is 0 Å². The van der Waals surface area contributed by atoms with Gasteiger partial charge in [0.05, 0.1) is 0 Å². The van der Waals surface area contributed by atoms with Crippen LogP contribution < -0.4 is 0 Å². The number of rotatable bonds is 56. The van der Waals surface area contributed by atoms with Crippen LogP contribution in [0.15, 0.2) is 0 Å². The topological polar surface area (TPSA) is 78.9 Å². The molecule has 6 heteroatoms. The van der Waals surface area contributed by atoms with Crippen LogP contribution in [0.1, 0.15) is 349 Å². The van der Waals surface area contributed by atoms with Crippen molar-refractivity contribution in [2.24, 2.45) is 5.92 Å². The van der Waals surface area contributed by atoms with E-state index in [0.29, 0.717) is 19.3 Å². The van der Waals surface area contributed by atoms with Crippen LogP contribution >= 0.6 is 0 Å². The Morgan fingerprint density at radius 1 is 0.284 bits per heavy atom. The van der Waals surface area contributed by atoms with Crippen molar-refractivity contribution in [1.29, 1.82) is 0 Å². The van der Waals surface area contributed by atoms with E-state index in [1.165, 1.54) is 244 Å². The van der Waals surface area contributed by atoms with Crippen molar-refractivity contribution >= 4 is 17.9 Å². The van der Waals surface area contributed by atoms with Crippen LogP contribution in [0.3, 0.4) is 0 Å². The van der Waals surface area contributed by atoms with Crippen molar-refractivity contribution in [3.05, 3.63) is 0 Å². The second-order valence-electron chi connectivity index (χ2n) is 21.5. The molecule has 0 saturated carbocycles. The van der Waals surface area contributed by atoms with Crippen molar-refractivity contribution in [3.8, 4) is 0 Å². The van der Waals surface area contributed by atoms with Gasteiger partial charge in [0, 0.05) is 19.3 Å². The quantitative estimate of drug-likeness (QED) is 0.0343. The van der Waals surface area contributed by atoms with E-state index in [1.807, 2.05) is 0 Å². The first kappa shape index (κ1) is 65.4. The number of hydrogen-bond acceptors (Lipinski definition) is 6. The monoisotopic (exact) mass is 947 g/mol. The van der Waals surface area contributed by atoms with Crippen LogP contribution in [0.2, 0.25) is 0 Å². The van der Waals surface area contributed by atoms with E-state index in [1.54, 1.807) is 0 Å². The molecular weight excluding hydrogens is 829 g/mol. The van der Waals surface area contributed by atoms with Gasteiger partial charge in [-0.3, -0.25) is 14.4 Å². The van der Waals surface area contributed by atoms with Gasteiger partial charge in [-0.05, 0) is 25.2 Å². The third-order valence-corrected chi connectivity index (χ3v) is 14.0. The minimum atomic E-state index is -0.762. The standard InChI is InChI=1S/C61H118O6/c1-5-7-9-11-13-15-17-19-20-21-26-30-34-38-42-46-50-54-61(64)67-58(55-65-59(62)52-48-44-40-36-32-27-18-16-14-12-10-8-6-2)56-66-60(63)53-49-45-41-37-33-29-25-23-22-24-28-31-35-39-43-47-51-57(3)4/h57-58H,5-56H2,1-4H3/t58-/m0/s1. The van der Waals surface area contributed by atoms with Crippen LogP contribution in [-0.2, 0) is 28.6 Å². The average molecular weight is 948 g/mol. The molecule has 0 unspecified atom stereocenters. The van der Waals surface area contributed by atoms with Crippen molar-refractivity contribution in [2.45, 2.75) is 355 Å². The highest BCUT2D eigenvalue weighted by atomic mass is 16.6. The first-order chi connectivity index (χ1) is 32.9. The minimum absolute atomic E-state index is 0.0614. The number of carbonyl (C=O) groups is 3. The average Bonchev–Trinajstić information content (AvgIpc) is 3.31. The Morgan fingerprint density at radius 2 is 0.493 bits per heavy atom. The summed E-state index contributed by atoms with van der Waals surface area (Å²) in [6, 6.07) is 0. The molecular formula is C61H118O6.